The lowest BCUT2D eigenvalue weighted by molar-refractivity contribution is 0.651. The van der Waals surface area contributed by atoms with Crippen LogP contribution < -0.4 is 11.3 Å². The lowest BCUT2D eigenvalue weighted by Crippen LogP contribution is -2.19. The lowest BCUT2D eigenvalue weighted by Gasteiger charge is -2.03. The van der Waals surface area contributed by atoms with E-state index in [2.05, 4.69) is 11.2 Å². The van der Waals surface area contributed by atoms with Gasteiger partial charge in [-0.25, -0.2) is 4.68 Å². The first-order chi connectivity index (χ1) is 8.65. The number of hydrogen-bond acceptors (Lipinski definition) is 2. The average Bonchev–Trinajstić information content (AvgIpc) is 3.13. The summed E-state index contributed by atoms with van der Waals surface area (Å²) in [5.41, 5.74) is 9.39. The monoisotopic (exact) mass is 243 g/mol. The van der Waals surface area contributed by atoms with Crippen molar-refractivity contribution in [2.45, 2.75) is 32.2 Å². The van der Waals surface area contributed by atoms with Crippen molar-refractivity contribution in [1.82, 2.24) is 9.78 Å². The molecular formula is C14H17N3O. The molecule has 0 unspecified atom stereocenters. The molecule has 0 bridgehead atoms. The number of H-pyrrole nitrogens is 1. The summed E-state index contributed by atoms with van der Waals surface area (Å²) in [6.45, 7) is 2.60. The van der Waals surface area contributed by atoms with Gasteiger partial charge < -0.3 is 5.73 Å². The topological polar surface area (TPSA) is 63.8 Å². The second-order valence-electron chi connectivity index (χ2n) is 5.09. The zero-order valence-electron chi connectivity index (χ0n) is 10.4. The molecule has 0 aliphatic heterocycles. The van der Waals surface area contributed by atoms with Crippen LogP contribution in [0.3, 0.4) is 0 Å². The predicted molar refractivity (Wildman–Crippen MR) is 71.7 cm³/mol. The molecule has 1 aromatic carbocycles. The summed E-state index contributed by atoms with van der Waals surface area (Å²) in [6.07, 6.45) is 2.27. The first-order valence-electron chi connectivity index (χ1n) is 6.29. The molecule has 2 aromatic rings. The minimum Gasteiger partial charge on any atom is -0.393 e. The lowest BCUT2D eigenvalue weighted by atomic mass is 10.1. The van der Waals surface area contributed by atoms with E-state index < -0.39 is 0 Å². The number of nitrogens with one attached hydrogen (secondary N) is 1. The second kappa shape index (κ2) is 4.05. The van der Waals surface area contributed by atoms with Crippen molar-refractivity contribution in [2.24, 2.45) is 0 Å². The summed E-state index contributed by atoms with van der Waals surface area (Å²) in [7, 11) is 0. The van der Waals surface area contributed by atoms with Gasteiger partial charge in [-0.15, -0.1) is 0 Å². The second-order valence-corrected chi connectivity index (χ2v) is 5.09. The number of rotatable bonds is 3. The quantitative estimate of drug-likeness (QED) is 0.866. The molecule has 0 saturated heterocycles. The van der Waals surface area contributed by atoms with Crippen LogP contribution in [0, 0.1) is 6.92 Å². The Balaban J connectivity index is 1.93. The SMILES string of the molecule is Cc1cccc(Cn2[nH]c(C3CC3)c(N)c2=O)c1. The molecule has 18 heavy (non-hydrogen) atoms. The first kappa shape index (κ1) is 11.1. The van der Waals surface area contributed by atoms with Gasteiger partial charge in [0.1, 0.15) is 5.69 Å². The predicted octanol–water partition coefficient (Wildman–Crippen LogP) is 1.99. The van der Waals surface area contributed by atoms with Crippen molar-refractivity contribution < 1.29 is 0 Å². The number of aryl methyl sites for hydroxylation is 1. The normalized spacial score (nSPS) is 14.9. The molecule has 1 aliphatic rings. The highest BCUT2D eigenvalue weighted by Crippen LogP contribution is 2.40. The van der Waals surface area contributed by atoms with Crippen molar-refractivity contribution >= 4 is 5.69 Å². The number of anilines is 1. The van der Waals surface area contributed by atoms with E-state index in [1.54, 1.807) is 4.68 Å². The van der Waals surface area contributed by atoms with Crippen LogP contribution in [0.25, 0.3) is 0 Å². The van der Waals surface area contributed by atoms with Gasteiger partial charge >= 0.3 is 0 Å². The number of hydrogen-bond donors (Lipinski definition) is 2. The Morgan fingerprint density at radius 1 is 1.44 bits per heavy atom. The summed E-state index contributed by atoms with van der Waals surface area (Å²) >= 11 is 0. The number of aromatic amines is 1. The maximum absolute atomic E-state index is 12.0. The molecule has 1 heterocycles. The summed E-state index contributed by atoms with van der Waals surface area (Å²) in [5, 5.41) is 3.16. The Hall–Kier alpha value is -1.97. The van der Waals surface area contributed by atoms with Crippen LogP contribution in [0.15, 0.2) is 29.1 Å². The molecule has 0 amide bonds. The maximum Gasteiger partial charge on any atom is 0.290 e. The van der Waals surface area contributed by atoms with Crippen LogP contribution >= 0.6 is 0 Å². The smallest absolute Gasteiger partial charge is 0.290 e. The van der Waals surface area contributed by atoms with Gasteiger partial charge in [-0.3, -0.25) is 9.89 Å². The summed E-state index contributed by atoms with van der Waals surface area (Å²) in [6, 6.07) is 8.16. The minimum absolute atomic E-state index is 0.0987. The molecule has 3 N–H and O–H groups in total. The largest absolute Gasteiger partial charge is 0.393 e. The maximum atomic E-state index is 12.0. The van der Waals surface area contributed by atoms with Crippen LogP contribution in [0.1, 0.15) is 35.6 Å². The highest BCUT2D eigenvalue weighted by atomic mass is 16.1. The van der Waals surface area contributed by atoms with E-state index >= 15 is 0 Å². The molecule has 1 fully saturated rings. The zero-order valence-corrected chi connectivity index (χ0v) is 10.4. The van der Waals surface area contributed by atoms with Gasteiger partial charge in [-0.2, -0.15) is 0 Å². The third-order valence-electron chi connectivity index (χ3n) is 3.43. The molecule has 0 spiro atoms. The van der Waals surface area contributed by atoms with E-state index in [9.17, 15) is 4.79 Å². The highest BCUT2D eigenvalue weighted by molar-refractivity contribution is 5.44. The van der Waals surface area contributed by atoms with Crippen molar-refractivity contribution in [1.29, 1.82) is 0 Å². The van der Waals surface area contributed by atoms with E-state index in [1.807, 2.05) is 25.1 Å². The summed E-state index contributed by atoms with van der Waals surface area (Å²) in [4.78, 5) is 12.0. The Bertz CT molecular complexity index is 635. The van der Waals surface area contributed by atoms with Gasteiger partial charge in [0.2, 0.25) is 0 Å². The van der Waals surface area contributed by atoms with Gasteiger partial charge in [0.25, 0.3) is 5.56 Å². The van der Waals surface area contributed by atoms with Crippen molar-refractivity contribution in [3.05, 3.63) is 51.4 Å². The van der Waals surface area contributed by atoms with Crippen molar-refractivity contribution in [3.8, 4) is 0 Å². The van der Waals surface area contributed by atoms with E-state index in [0.717, 1.165) is 24.1 Å². The van der Waals surface area contributed by atoms with E-state index in [4.69, 9.17) is 5.73 Å². The Morgan fingerprint density at radius 2 is 2.22 bits per heavy atom. The third-order valence-corrected chi connectivity index (χ3v) is 3.43. The molecule has 1 aromatic heterocycles. The minimum atomic E-state index is -0.0987. The fourth-order valence-corrected chi connectivity index (χ4v) is 2.30. The zero-order chi connectivity index (χ0) is 12.7. The molecule has 3 rings (SSSR count). The van der Waals surface area contributed by atoms with E-state index in [0.29, 0.717) is 18.2 Å². The summed E-state index contributed by atoms with van der Waals surface area (Å²) < 4.78 is 1.61. The van der Waals surface area contributed by atoms with Crippen LogP contribution in [-0.4, -0.2) is 9.78 Å². The van der Waals surface area contributed by atoms with Gasteiger partial charge in [-0.1, -0.05) is 29.8 Å². The summed E-state index contributed by atoms with van der Waals surface area (Å²) in [5.74, 6) is 0.469. The number of nitrogens with zero attached hydrogens (tertiary/aromatic N) is 1. The molecule has 0 atom stereocenters. The molecule has 94 valence electrons. The molecule has 4 heteroatoms. The third kappa shape index (κ3) is 1.94. The van der Waals surface area contributed by atoms with Gasteiger partial charge in [0.05, 0.1) is 12.2 Å². The van der Waals surface area contributed by atoms with E-state index in [-0.39, 0.29) is 5.56 Å². The number of aromatic nitrogens is 2. The van der Waals surface area contributed by atoms with Crippen LogP contribution in [0.2, 0.25) is 0 Å². The van der Waals surface area contributed by atoms with Crippen molar-refractivity contribution in [2.75, 3.05) is 5.73 Å². The van der Waals surface area contributed by atoms with Crippen molar-refractivity contribution in [3.63, 3.8) is 0 Å². The molecule has 1 aliphatic carbocycles. The van der Waals surface area contributed by atoms with Crippen LogP contribution in [-0.2, 0) is 6.54 Å². The Morgan fingerprint density at radius 3 is 2.89 bits per heavy atom. The Kier molecular flexibility index (Phi) is 2.51. The van der Waals surface area contributed by atoms with E-state index in [1.165, 1.54) is 5.56 Å². The van der Waals surface area contributed by atoms with Crippen LogP contribution in [0.5, 0.6) is 0 Å². The number of benzene rings is 1. The highest BCUT2D eigenvalue weighted by Gasteiger charge is 2.29. The molecule has 1 saturated carbocycles. The molecule has 0 radical (unpaired) electrons. The fraction of sp³-hybridized carbons (Fsp3) is 0.357. The fourth-order valence-electron chi connectivity index (χ4n) is 2.30. The molecule has 4 nitrogen and oxygen atoms in total. The van der Waals surface area contributed by atoms with Gasteiger partial charge in [0, 0.05) is 5.92 Å². The Labute approximate surface area is 105 Å². The molecular weight excluding hydrogens is 226 g/mol. The standard InChI is InChI=1S/C14H17N3O/c1-9-3-2-4-10(7-9)8-17-14(18)12(15)13(16-17)11-5-6-11/h2-4,7,11,16H,5-6,8,15H2,1H3. The number of nitrogens with two attached hydrogens (primary N) is 1. The van der Waals surface area contributed by atoms with Gasteiger partial charge in [0.15, 0.2) is 0 Å². The first-order valence-corrected chi connectivity index (χ1v) is 6.29. The van der Waals surface area contributed by atoms with Crippen LogP contribution in [0.4, 0.5) is 5.69 Å². The van der Waals surface area contributed by atoms with Gasteiger partial charge in [-0.05, 0) is 25.3 Å². The average molecular weight is 243 g/mol. The number of nitrogen functional groups attached to an aromatic ring is 1.